The number of halogens is 1. The number of nitrogens with one attached hydrogen (secondary N) is 1. The van der Waals surface area contributed by atoms with Gasteiger partial charge in [0.25, 0.3) is 0 Å². The van der Waals surface area contributed by atoms with E-state index in [0.717, 1.165) is 6.07 Å². The molecule has 0 saturated carbocycles. The van der Waals surface area contributed by atoms with E-state index in [9.17, 15) is 18.8 Å². The first-order valence-electron chi connectivity index (χ1n) is 8.57. The van der Waals surface area contributed by atoms with E-state index in [0.29, 0.717) is 5.82 Å². The van der Waals surface area contributed by atoms with Crippen LogP contribution >= 0.6 is 0 Å². The standard InChI is InChI=1S/C19H19FN4O4/c1-12(25)22-10-14-11-24(19(27)28-14)13-3-4-15(16(20)9-13)17(26)5-6-18-21-7-8-23(18)2/h3-9,14H,10-11H2,1-2H3,(H,22,25)/b6-5+/t14-/m0/s1. The molecule has 0 spiro atoms. The zero-order chi connectivity index (χ0) is 20.3. The maximum atomic E-state index is 14.5. The van der Waals surface area contributed by atoms with Crippen LogP contribution in [0.5, 0.6) is 0 Å². The number of hydrogen-bond acceptors (Lipinski definition) is 5. The molecule has 1 fully saturated rings. The molecular formula is C19H19FN4O4. The maximum Gasteiger partial charge on any atom is 0.414 e. The van der Waals surface area contributed by atoms with Gasteiger partial charge in [-0.1, -0.05) is 0 Å². The van der Waals surface area contributed by atoms with E-state index in [1.165, 1.54) is 36.1 Å². The van der Waals surface area contributed by atoms with E-state index in [-0.39, 0.29) is 30.2 Å². The van der Waals surface area contributed by atoms with Crippen molar-refractivity contribution in [1.29, 1.82) is 0 Å². The van der Waals surface area contributed by atoms with Crippen molar-refractivity contribution in [2.75, 3.05) is 18.0 Å². The maximum absolute atomic E-state index is 14.5. The molecule has 8 nitrogen and oxygen atoms in total. The fraction of sp³-hybridized carbons (Fsp3) is 0.263. The minimum atomic E-state index is -0.745. The van der Waals surface area contributed by atoms with Crippen LogP contribution < -0.4 is 10.2 Å². The summed E-state index contributed by atoms with van der Waals surface area (Å²) in [7, 11) is 1.78. The average molecular weight is 386 g/mol. The summed E-state index contributed by atoms with van der Waals surface area (Å²) in [6.45, 7) is 1.71. The zero-order valence-electron chi connectivity index (χ0n) is 15.4. The molecule has 2 amide bonds. The minimum absolute atomic E-state index is 0.114. The lowest BCUT2D eigenvalue weighted by atomic mass is 10.1. The first-order valence-corrected chi connectivity index (χ1v) is 8.57. The first kappa shape index (κ1) is 19.3. The highest BCUT2D eigenvalue weighted by Gasteiger charge is 2.32. The molecule has 1 N–H and O–H groups in total. The lowest BCUT2D eigenvalue weighted by molar-refractivity contribution is -0.119. The van der Waals surface area contributed by atoms with E-state index < -0.39 is 23.8 Å². The number of imidazole rings is 1. The Morgan fingerprint density at radius 3 is 2.86 bits per heavy atom. The number of ketones is 1. The van der Waals surface area contributed by atoms with Crippen LogP contribution in [0.1, 0.15) is 23.1 Å². The van der Waals surface area contributed by atoms with Gasteiger partial charge in [-0.05, 0) is 30.4 Å². The molecule has 2 heterocycles. The summed E-state index contributed by atoms with van der Waals surface area (Å²) in [5.74, 6) is -0.929. The second-order valence-electron chi connectivity index (χ2n) is 6.31. The molecule has 0 bridgehead atoms. The summed E-state index contributed by atoms with van der Waals surface area (Å²) in [6, 6.07) is 3.92. The zero-order valence-corrected chi connectivity index (χ0v) is 15.4. The molecular weight excluding hydrogens is 367 g/mol. The predicted molar refractivity (Wildman–Crippen MR) is 99.3 cm³/mol. The summed E-state index contributed by atoms with van der Waals surface area (Å²) in [6.07, 6.45) is 4.90. The van der Waals surface area contributed by atoms with Crippen LogP contribution in [0.4, 0.5) is 14.9 Å². The molecule has 0 aliphatic carbocycles. The monoisotopic (exact) mass is 386 g/mol. The highest BCUT2D eigenvalue weighted by molar-refractivity contribution is 6.07. The number of hydrogen-bond donors (Lipinski definition) is 1. The van der Waals surface area contributed by atoms with Crippen molar-refractivity contribution in [1.82, 2.24) is 14.9 Å². The van der Waals surface area contributed by atoms with Gasteiger partial charge in [-0.25, -0.2) is 14.2 Å². The number of ether oxygens (including phenoxy) is 1. The van der Waals surface area contributed by atoms with Crippen LogP contribution in [0.3, 0.4) is 0 Å². The molecule has 1 atom stereocenters. The van der Waals surface area contributed by atoms with Crippen molar-refractivity contribution in [2.45, 2.75) is 13.0 Å². The molecule has 2 aromatic rings. The molecule has 146 valence electrons. The van der Waals surface area contributed by atoms with Crippen LogP contribution in [0.2, 0.25) is 0 Å². The molecule has 0 unspecified atom stereocenters. The van der Waals surface area contributed by atoms with Crippen LogP contribution in [-0.2, 0) is 16.6 Å². The van der Waals surface area contributed by atoms with E-state index in [2.05, 4.69) is 10.3 Å². The Labute approximate surface area is 160 Å². The highest BCUT2D eigenvalue weighted by atomic mass is 19.1. The van der Waals surface area contributed by atoms with E-state index >= 15 is 0 Å². The second kappa shape index (κ2) is 8.03. The number of aryl methyl sites for hydroxylation is 1. The van der Waals surface area contributed by atoms with Gasteiger partial charge in [-0.2, -0.15) is 0 Å². The van der Waals surface area contributed by atoms with Crippen LogP contribution in [0.15, 0.2) is 36.7 Å². The summed E-state index contributed by atoms with van der Waals surface area (Å²) < 4.78 is 21.3. The van der Waals surface area contributed by atoms with Gasteiger partial charge < -0.3 is 14.6 Å². The number of nitrogens with zero attached hydrogens (tertiary/aromatic N) is 3. The van der Waals surface area contributed by atoms with E-state index in [1.54, 1.807) is 24.0 Å². The Morgan fingerprint density at radius 2 is 2.21 bits per heavy atom. The van der Waals surface area contributed by atoms with Crippen molar-refractivity contribution in [2.24, 2.45) is 7.05 Å². The van der Waals surface area contributed by atoms with Gasteiger partial charge in [0, 0.05) is 26.4 Å². The summed E-state index contributed by atoms with van der Waals surface area (Å²) in [5, 5.41) is 2.57. The van der Waals surface area contributed by atoms with E-state index in [4.69, 9.17) is 4.74 Å². The smallest absolute Gasteiger partial charge is 0.414 e. The fourth-order valence-corrected chi connectivity index (χ4v) is 2.75. The Bertz CT molecular complexity index is 953. The topological polar surface area (TPSA) is 93.5 Å². The largest absolute Gasteiger partial charge is 0.442 e. The molecule has 1 saturated heterocycles. The number of benzene rings is 1. The average Bonchev–Trinajstić information content (AvgIpc) is 3.23. The third-order valence-electron chi connectivity index (χ3n) is 4.22. The van der Waals surface area contributed by atoms with Gasteiger partial charge in [0.2, 0.25) is 5.91 Å². The number of amides is 2. The number of cyclic esters (lactones) is 1. The van der Waals surface area contributed by atoms with Gasteiger partial charge in [-0.3, -0.25) is 14.5 Å². The van der Waals surface area contributed by atoms with Crippen molar-refractivity contribution in [3.05, 3.63) is 53.9 Å². The normalized spacial score (nSPS) is 16.5. The molecule has 1 aliphatic heterocycles. The molecule has 1 aliphatic rings. The first-order chi connectivity index (χ1) is 13.3. The van der Waals surface area contributed by atoms with Gasteiger partial charge >= 0.3 is 6.09 Å². The molecule has 3 rings (SSSR count). The number of carbonyl (C=O) groups is 3. The van der Waals surface area contributed by atoms with Gasteiger partial charge in [0.1, 0.15) is 17.7 Å². The molecule has 1 aromatic carbocycles. The Balaban J connectivity index is 1.71. The van der Waals surface area contributed by atoms with Crippen molar-refractivity contribution in [3.63, 3.8) is 0 Å². The Hall–Kier alpha value is -3.49. The highest BCUT2D eigenvalue weighted by Crippen LogP contribution is 2.24. The molecule has 9 heteroatoms. The van der Waals surface area contributed by atoms with Gasteiger partial charge in [0.05, 0.1) is 24.3 Å². The number of rotatable bonds is 6. The third-order valence-corrected chi connectivity index (χ3v) is 4.22. The van der Waals surface area contributed by atoms with Gasteiger partial charge in [-0.15, -0.1) is 0 Å². The van der Waals surface area contributed by atoms with Crippen LogP contribution in [0.25, 0.3) is 6.08 Å². The van der Waals surface area contributed by atoms with Crippen molar-refractivity contribution < 1.29 is 23.5 Å². The fourth-order valence-electron chi connectivity index (χ4n) is 2.75. The number of carbonyl (C=O) groups excluding carboxylic acids is 3. The summed E-state index contributed by atoms with van der Waals surface area (Å²) in [5.41, 5.74) is 0.161. The number of aromatic nitrogens is 2. The van der Waals surface area contributed by atoms with Crippen LogP contribution in [-0.4, -0.2) is 46.5 Å². The quantitative estimate of drug-likeness (QED) is 0.605. The molecule has 1 aromatic heterocycles. The number of allylic oxidation sites excluding steroid dienone is 1. The Morgan fingerprint density at radius 1 is 1.43 bits per heavy atom. The van der Waals surface area contributed by atoms with E-state index in [1.807, 2.05) is 0 Å². The predicted octanol–water partition coefficient (Wildman–Crippen LogP) is 1.92. The molecule has 0 radical (unpaired) electrons. The van der Waals surface area contributed by atoms with Crippen molar-refractivity contribution in [3.8, 4) is 0 Å². The lowest BCUT2D eigenvalue weighted by Gasteiger charge is -2.14. The van der Waals surface area contributed by atoms with Crippen LogP contribution in [0, 0.1) is 5.82 Å². The lowest BCUT2D eigenvalue weighted by Crippen LogP contribution is -2.33. The third kappa shape index (κ3) is 4.25. The SMILES string of the molecule is CC(=O)NC[C@H]1CN(c2ccc(C(=O)/C=C/c3nccn3C)c(F)c2)C(=O)O1. The van der Waals surface area contributed by atoms with Crippen molar-refractivity contribution >= 4 is 29.5 Å². The second-order valence-corrected chi connectivity index (χ2v) is 6.31. The summed E-state index contributed by atoms with van der Waals surface area (Å²) in [4.78, 5) is 40.6. The minimum Gasteiger partial charge on any atom is -0.442 e. The number of anilines is 1. The summed E-state index contributed by atoms with van der Waals surface area (Å²) >= 11 is 0. The van der Waals surface area contributed by atoms with Gasteiger partial charge in [0.15, 0.2) is 5.78 Å². The molecule has 28 heavy (non-hydrogen) atoms. The Kier molecular flexibility index (Phi) is 5.53.